The van der Waals surface area contributed by atoms with Crippen molar-refractivity contribution in [2.75, 3.05) is 6.61 Å². The fourth-order valence-corrected chi connectivity index (χ4v) is 1.61. The van der Waals surface area contributed by atoms with E-state index in [2.05, 4.69) is 9.97 Å². The zero-order chi connectivity index (χ0) is 11.0. The number of imidazole rings is 1. The Kier molecular flexibility index (Phi) is 2.84. The van der Waals surface area contributed by atoms with Crippen LogP contribution in [0.25, 0.3) is 11.0 Å². The Bertz CT molecular complexity index is 458. The molecule has 80 valence electrons. The Morgan fingerprint density at radius 3 is 2.73 bits per heavy atom. The summed E-state index contributed by atoms with van der Waals surface area (Å²) in [6.07, 6.45) is 0. The van der Waals surface area contributed by atoms with Crippen LogP contribution in [0.2, 0.25) is 10.0 Å². The molecule has 1 unspecified atom stereocenters. The zero-order valence-electron chi connectivity index (χ0n) is 7.67. The zero-order valence-corrected chi connectivity index (χ0v) is 9.18. The van der Waals surface area contributed by atoms with Crippen molar-refractivity contribution in [2.24, 2.45) is 5.73 Å². The minimum Gasteiger partial charge on any atom is -0.394 e. The fraction of sp³-hybridized carbons (Fsp3) is 0.222. The number of halogens is 2. The summed E-state index contributed by atoms with van der Waals surface area (Å²) in [6.45, 7) is -0.165. The summed E-state index contributed by atoms with van der Waals surface area (Å²) in [5.74, 6) is 0.519. The molecule has 1 heterocycles. The minimum absolute atomic E-state index is 0.165. The molecule has 1 atom stereocenters. The van der Waals surface area contributed by atoms with Crippen LogP contribution in [0, 0.1) is 0 Å². The molecular formula is C9H9Cl2N3O. The lowest BCUT2D eigenvalue weighted by molar-refractivity contribution is 0.264. The quantitative estimate of drug-likeness (QED) is 0.757. The smallest absolute Gasteiger partial charge is 0.126 e. The molecule has 15 heavy (non-hydrogen) atoms. The van der Waals surface area contributed by atoms with Gasteiger partial charge in [-0.05, 0) is 12.1 Å². The Morgan fingerprint density at radius 1 is 1.40 bits per heavy atom. The summed E-state index contributed by atoms with van der Waals surface area (Å²) >= 11 is 11.7. The highest BCUT2D eigenvalue weighted by molar-refractivity contribution is 6.42. The van der Waals surface area contributed by atoms with Gasteiger partial charge in [-0.2, -0.15) is 0 Å². The standard InChI is InChI=1S/C9H9Cl2N3O/c10-4-1-7-8(2-5(4)11)14-9(13-7)6(12)3-15/h1-2,6,15H,3,12H2,(H,13,14). The number of nitrogens with one attached hydrogen (secondary N) is 1. The highest BCUT2D eigenvalue weighted by Crippen LogP contribution is 2.27. The number of fused-ring (bicyclic) bond motifs is 1. The second-order valence-corrected chi connectivity index (χ2v) is 4.01. The maximum absolute atomic E-state index is 8.89. The van der Waals surface area contributed by atoms with Crippen molar-refractivity contribution < 1.29 is 5.11 Å². The van der Waals surface area contributed by atoms with E-state index in [0.29, 0.717) is 21.4 Å². The SMILES string of the molecule is NC(CO)c1nc2cc(Cl)c(Cl)cc2[nH]1. The number of benzene rings is 1. The summed E-state index contributed by atoms with van der Waals surface area (Å²) in [5, 5.41) is 9.79. The summed E-state index contributed by atoms with van der Waals surface area (Å²) in [7, 11) is 0. The number of hydrogen-bond acceptors (Lipinski definition) is 3. The number of aliphatic hydroxyl groups excluding tert-OH is 1. The molecule has 6 heteroatoms. The Labute approximate surface area is 96.0 Å². The highest BCUT2D eigenvalue weighted by Gasteiger charge is 2.11. The van der Waals surface area contributed by atoms with E-state index < -0.39 is 6.04 Å². The molecule has 4 N–H and O–H groups in total. The summed E-state index contributed by atoms with van der Waals surface area (Å²) in [6, 6.07) is 2.82. The van der Waals surface area contributed by atoms with Crippen LogP contribution in [0.4, 0.5) is 0 Å². The third-order valence-corrected chi connectivity index (χ3v) is 2.81. The number of nitrogens with two attached hydrogens (primary N) is 1. The van der Waals surface area contributed by atoms with Crippen molar-refractivity contribution in [1.82, 2.24) is 9.97 Å². The van der Waals surface area contributed by atoms with Gasteiger partial charge < -0.3 is 15.8 Å². The van der Waals surface area contributed by atoms with Crippen molar-refractivity contribution in [1.29, 1.82) is 0 Å². The molecule has 2 rings (SSSR count). The second kappa shape index (κ2) is 3.98. The first-order valence-electron chi connectivity index (χ1n) is 4.33. The number of aromatic amines is 1. The molecule has 0 aliphatic carbocycles. The highest BCUT2D eigenvalue weighted by atomic mass is 35.5. The molecule has 0 saturated heterocycles. The minimum atomic E-state index is -0.519. The summed E-state index contributed by atoms with van der Waals surface area (Å²) < 4.78 is 0. The van der Waals surface area contributed by atoms with E-state index in [-0.39, 0.29) is 6.61 Å². The molecule has 1 aromatic heterocycles. The predicted molar refractivity (Wildman–Crippen MR) is 60.1 cm³/mol. The molecule has 0 saturated carbocycles. The summed E-state index contributed by atoms with van der Waals surface area (Å²) in [5.41, 5.74) is 7.06. The monoisotopic (exact) mass is 245 g/mol. The van der Waals surface area contributed by atoms with Gasteiger partial charge in [0.05, 0.1) is 33.7 Å². The van der Waals surface area contributed by atoms with Gasteiger partial charge in [0.25, 0.3) is 0 Å². The average molecular weight is 246 g/mol. The second-order valence-electron chi connectivity index (χ2n) is 3.19. The van der Waals surface area contributed by atoms with E-state index >= 15 is 0 Å². The first kappa shape index (κ1) is 10.7. The predicted octanol–water partition coefficient (Wildman–Crippen LogP) is 1.86. The number of H-pyrrole nitrogens is 1. The lowest BCUT2D eigenvalue weighted by Crippen LogP contribution is -2.15. The van der Waals surface area contributed by atoms with Crippen molar-refractivity contribution >= 4 is 34.2 Å². The van der Waals surface area contributed by atoms with Crippen LogP contribution < -0.4 is 5.73 Å². The largest absolute Gasteiger partial charge is 0.394 e. The van der Waals surface area contributed by atoms with Crippen LogP contribution in [0.15, 0.2) is 12.1 Å². The van der Waals surface area contributed by atoms with Crippen molar-refractivity contribution in [2.45, 2.75) is 6.04 Å². The molecule has 0 aliphatic heterocycles. The molecular weight excluding hydrogens is 237 g/mol. The fourth-order valence-electron chi connectivity index (χ4n) is 1.29. The van der Waals surface area contributed by atoms with Gasteiger partial charge in [0, 0.05) is 0 Å². The van der Waals surface area contributed by atoms with E-state index in [4.69, 9.17) is 34.0 Å². The van der Waals surface area contributed by atoms with Crippen molar-refractivity contribution in [3.63, 3.8) is 0 Å². The molecule has 4 nitrogen and oxygen atoms in total. The van der Waals surface area contributed by atoms with Crippen LogP contribution in [0.1, 0.15) is 11.9 Å². The number of aromatic nitrogens is 2. The molecule has 0 aliphatic rings. The molecule has 0 bridgehead atoms. The topological polar surface area (TPSA) is 74.9 Å². The Morgan fingerprint density at radius 2 is 2.07 bits per heavy atom. The van der Waals surface area contributed by atoms with Crippen LogP contribution in [0.3, 0.4) is 0 Å². The lowest BCUT2D eigenvalue weighted by Gasteiger charge is -2.01. The average Bonchev–Trinajstić information content (AvgIpc) is 2.60. The molecule has 2 aromatic rings. The number of aliphatic hydroxyl groups is 1. The van der Waals surface area contributed by atoms with E-state index in [1.54, 1.807) is 12.1 Å². The van der Waals surface area contributed by atoms with Crippen molar-refractivity contribution in [3.8, 4) is 0 Å². The molecule has 0 spiro atoms. The van der Waals surface area contributed by atoms with Gasteiger partial charge in [0.15, 0.2) is 0 Å². The van der Waals surface area contributed by atoms with Crippen molar-refractivity contribution in [3.05, 3.63) is 28.0 Å². The normalized spacial score (nSPS) is 13.3. The number of hydrogen-bond donors (Lipinski definition) is 3. The first-order chi connectivity index (χ1) is 7.11. The Hall–Kier alpha value is -0.810. The third-order valence-electron chi connectivity index (χ3n) is 2.09. The van der Waals surface area contributed by atoms with Gasteiger partial charge in [-0.3, -0.25) is 0 Å². The maximum Gasteiger partial charge on any atom is 0.126 e. The van der Waals surface area contributed by atoms with Crippen LogP contribution in [-0.2, 0) is 0 Å². The third kappa shape index (κ3) is 1.94. The first-order valence-corrected chi connectivity index (χ1v) is 5.08. The van der Waals surface area contributed by atoms with E-state index in [1.807, 2.05) is 0 Å². The van der Waals surface area contributed by atoms with Gasteiger partial charge in [0.1, 0.15) is 5.82 Å². The van der Waals surface area contributed by atoms with Crippen LogP contribution >= 0.6 is 23.2 Å². The number of rotatable bonds is 2. The maximum atomic E-state index is 8.89. The molecule has 1 aromatic carbocycles. The van der Waals surface area contributed by atoms with Gasteiger partial charge in [-0.1, -0.05) is 23.2 Å². The van der Waals surface area contributed by atoms with E-state index in [0.717, 1.165) is 5.52 Å². The van der Waals surface area contributed by atoms with Gasteiger partial charge >= 0.3 is 0 Å². The van der Waals surface area contributed by atoms with Crippen LogP contribution in [-0.4, -0.2) is 21.7 Å². The van der Waals surface area contributed by atoms with Gasteiger partial charge in [0.2, 0.25) is 0 Å². The van der Waals surface area contributed by atoms with E-state index in [9.17, 15) is 0 Å². The molecule has 0 radical (unpaired) electrons. The molecule has 0 fully saturated rings. The summed E-state index contributed by atoms with van der Waals surface area (Å²) in [4.78, 5) is 7.18. The number of nitrogens with zero attached hydrogens (tertiary/aromatic N) is 1. The van der Waals surface area contributed by atoms with Gasteiger partial charge in [-0.25, -0.2) is 4.98 Å². The Balaban J connectivity index is 2.56. The lowest BCUT2D eigenvalue weighted by atomic mass is 10.3. The van der Waals surface area contributed by atoms with E-state index in [1.165, 1.54) is 0 Å². The molecule has 0 amide bonds. The van der Waals surface area contributed by atoms with Crippen LogP contribution in [0.5, 0.6) is 0 Å². The van der Waals surface area contributed by atoms with Gasteiger partial charge in [-0.15, -0.1) is 0 Å².